The van der Waals surface area contributed by atoms with Crippen molar-refractivity contribution in [1.29, 1.82) is 0 Å². The van der Waals surface area contributed by atoms with Crippen LogP contribution in [0.1, 0.15) is 34.6 Å². The molecule has 0 fully saturated rings. The number of aromatic nitrogens is 2. The minimum atomic E-state index is -0.0208. The van der Waals surface area contributed by atoms with Gasteiger partial charge in [0.25, 0.3) is 5.91 Å². The van der Waals surface area contributed by atoms with Crippen molar-refractivity contribution in [3.63, 3.8) is 0 Å². The van der Waals surface area contributed by atoms with Crippen LogP contribution in [-0.4, -0.2) is 47.8 Å². The highest BCUT2D eigenvalue weighted by atomic mass is 16.1. The number of nitrogens with zero attached hydrogens (tertiary/aromatic N) is 3. The highest BCUT2D eigenvalue weighted by Crippen LogP contribution is 2.24. The van der Waals surface area contributed by atoms with E-state index in [0.29, 0.717) is 12.2 Å². The Morgan fingerprint density at radius 2 is 2.22 bits per heavy atom. The second kappa shape index (κ2) is 5.52. The first-order chi connectivity index (χ1) is 8.59. The van der Waals surface area contributed by atoms with Crippen LogP contribution in [-0.2, 0) is 19.9 Å². The lowest BCUT2D eigenvalue weighted by molar-refractivity contribution is 0.0945. The van der Waals surface area contributed by atoms with Crippen LogP contribution in [0.5, 0.6) is 0 Å². The molecule has 0 aliphatic heterocycles. The van der Waals surface area contributed by atoms with Crippen LogP contribution in [0.4, 0.5) is 0 Å². The SMILES string of the molecule is CN(C)CCCNC(=O)c1nn(C)c2c1CCC2. The van der Waals surface area contributed by atoms with Gasteiger partial charge in [0.15, 0.2) is 5.69 Å². The first kappa shape index (κ1) is 13.1. The van der Waals surface area contributed by atoms with E-state index in [0.717, 1.165) is 37.8 Å². The number of amides is 1. The van der Waals surface area contributed by atoms with Crippen LogP contribution in [0.2, 0.25) is 0 Å². The van der Waals surface area contributed by atoms with Gasteiger partial charge in [0, 0.05) is 24.8 Å². The average molecular weight is 250 g/mol. The van der Waals surface area contributed by atoms with E-state index in [4.69, 9.17) is 0 Å². The summed E-state index contributed by atoms with van der Waals surface area (Å²) in [5.41, 5.74) is 3.02. The number of aryl methyl sites for hydroxylation is 1. The van der Waals surface area contributed by atoms with E-state index in [1.165, 1.54) is 5.69 Å². The van der Waals surface area contributed by atoms with Crippen LogP contribution in [0.3, 0.4) is 0 Å². The number of rotatable bonds is 5. The van der Waals surface area contributed by atoms with E-state index in [-0.39, 0.29) is 5.91 Å². The van der Waals surface area contributed by atoms with Crippen molar-refractivity contribution >= 4 is 5.91 Å². The zero-order chi connectivity index (χ0) is 13.1. The molecule has 2 rings (SSSR count). The molecule has 1 aliphatic carbocycles. The molecular formula is C13H22N4O. The Labute approximate surface area is 108 Å². The molecule has 1 aliphatic rings. The maximum absolute atomic E-state index is 12.1. The Balaban J connectivity index is 1.92. The van der Waals surface area contributed by atoms with Gasteiger partial charge in [-0.3, -0.25) is 9.48 Å². The summed E-state index contributed by atoms with van der Waals surface area (Å²) in [6.07, 6.45) is 4.14. The molecule has 5 heteroatoms. The van der Waals surface area contributed by atoms with Gasteiger partial charge in [0.2, 0.25) is 0 Å². The Kier molecular flexibility index (Phi) is 4.01. The van der Waals surface area contributed by atoms with Gasteiger partial charge >= 0.3 is 0 Å². The molecule has 1 amide bonds. The average Bonchev–Trinajstić information content (AvgIpc) is 2.88. The number of carbonyl (C=O) groups is 1. The maximum atomic E-state index is 12.1. The van der Waals surface area contributed by atoms with Crippen molar-refractivity contribution in [2.24, 2.45) is 7.05 Å². The predicted octanol–water partition coefficient (Wildman–Crippen LogP) is 0.590. The van der Waals surface area contributed by atoms with Crippen molar-refractivity contribution in [2.45, 2.75) is 25.7 Å². The number of fused-ring (bicyclic) bond motifs is 1. The summed E-state index contributed by atoms with van der Waals surface area (Å²) in [6, 6.07) is 0. The van der Waals surface area contributed by atoms with Crippen molar-refractivity contribution < 1.29 is 4.79 Å². The van der Waals surface area contributed by atoms with E-state index in [2.05, 4.69) is 15.3 Å². The fraction of sp³-hybridized carbons (Fsp3) is 0.692. The van der Waals surface area contributed by atoms with Gasteiger partial charge in [0.1, 0.15) is 0 Å². The molecule has 5 nitrogen and oxygen atoms in total. The first-order valence-corrected chi connectivity index (χ1v) is 6.57. The van der Waals surface area contributed by atoms with Crippen molar-refractivity contribution in [2.75, 3.05) is 27.2 Å². The zero-order valence-electron chi connectivity index (χ0n) is 11.5. The number of hydrogen-bond acceptors (Lipinski definition) is 3. The monoisotopic (exact) mass is 250 g/mol. The van der Waals surface area contributed by atoms with Crippen LogP contribution in [0.25, 0.3) is 0 Å². The molecule has 1 aromatic heterocycles. The topological polar surface area (TPSA) is 50.2 Å². The summed E-state index contributed by atoms with van der Waals surface area (Å²) in [4.78, 5) is 14.2. The highest BCUT2D eigenvalue weighted by molar-refractivity contribution is 5.94. The van der Waals surface area contributed by atoms with Crippen molar-refractivity contribution in [3.8, 4) is 0 Å². The Bertz CT molecular complexity index is 436. The van der Waals surface area contributed by atoms with Gasteiger partial charge < -0.3 is 10.2 Å². The lowest BCUT2D eigenvalue weighted by Crippen LogP contribution is -2.28. The van der Waals surface area contributed by atoms with Crippen molar-refractivity contribution in [1.82, 2.24) is 20.0 Å². The van der Waals surface area contributed by atoms with Crippen LogP contribution in [0, 0.1) is 0 Å². The summed E-state index contributed by atoms with van der Waals surface area (Å²) in [6.45, 7) is 1.70. The van der Waals surface area contributed by atoms with E-state index in [9.17, 15) is 4.79 Å². The van der Waals surface area contributed by atoms with Crippen LogP contribution < -0.4 is 5.32 Å². The molecule has 1 aromatic rings. The lowest BCUT2D eigenvalue weighted by Gasteiger charge is -2.09. The molecule has 18 heavy (non-hydrogen) atoms. The minimum absolute atomic E-state index is 0.0208. The summed E-state index contributed by atoms with van der Waals surface area (Å²) in [5, 5.41) is 7.30. The summed E-state index contributed by atoms with van der Waals surface area (Å²) in [5.74, 6) is -0.0208. The Hall–Kier alpha value is -1.36. The summed E-state index contributed by atoms with van der Waals surface area (Å²) in [7, 11) is 5.99. The largest absolute Gasteiger partial charge is 0.351 e. The molecule has 0 saturated heterocycles. The Morgan fingerprint density at radius 3 is 2.94 bits per heavy atom. The fourth-order valence-electron chi connectivity index (χ4n) is 2.47. The normalized spacial score (nSPS) is 14.0. The van der Waals surface area contributed by atoms with E-state index in [1.807, 2.05) is 25.8 Å². The molecule has 100 valence electrons. The zero-order valence-corrected chi connectivity index (χ0v) is 11.5. The molecule has 0 aromatic carbocycles. The molecule has 0 saturated carbocycles. The predicted molar refractivity (Wildman–Crippen MR) is 70.7 cm³/mol. The van der Waals surface area contributed by atoms with Crippen molar-refractivity contribution in [3.05, 3.63) is 17.0 Å². The second-order valence-corrected chi connectivity index (χ2v) is 5.16. The minimum Gasteiger partial charge on any atom is -0.351 e. The fourth-order valence-corrected chi connectivity index (χ4v) is 2.47. The number of carbonyl (C=O) groups excluding carboxylic acids is 1. The quantitative estimate of drug-likeness (QED) is 0.778. The number of nitrogens with one attached hydrogen (secondary N) is 1. The molecule has 1 N–H and O–H groups in total. The van der Waals surface area contributed by atoms with Gasteiger partial charge in [-0.15, -0.1) is 0 Å². The molecule has 1 heterocycles. The molecular weight excluding hydrogens is 228 g/mol. The smallest absolute Gasteiger partial charge is 0.272 e. The van der Waals surface area contributed by atoms with Crippen LogP contribution >= 0.6 is 0 Å². The number of hydrogen-bond donors (Lipinski definition) is 1. The summed E-state index contributed by atoms with van der Waals surface area (Å²) < 4.78 is 1.86. The van der Waals surface area contributed by atoms with Crippen LogP contribution in [0.15, 0.2) is 0 Å². The van der Waals surface area contributed by atoms with Gasteiger partial charge in [-0.1, -0.05) is 0 Å². The van der Waals surface area contributed by atoms with Gasteiger partial charge in [-0.25, -0.2) is 0 Å². The molecule has 0 bridgehead atoms. The lowest BCUT2D eigenvalue weighted by atomic mass is 10.2. The molecule has 0 radical (unpaired) electrons. The third kappa shape index (κ3) is 2.72. The van der Waals surface area contributed by atoms with Gasteiger partial charge in [-0.05, 0) is 46.3 Å². The molecule has 0 unspecified atom stereocenters. The van der Waals surface area contributed by atoms with Gasteiger partial charge in [0.05, 0.1) is 0 Å². The van der Waals surface area contributed by atoms with E-state index >= 15 is 0 Å². The second-order valence-electron chi connectivity index (χ2n) is 5.16. The summed E-state index contributed by atoms with van der Waals surface area (Å²) >= 11 is 0. The molecule has 0 spiro atoms. The first-order valence-electron chi connectivity index (χ1n) is 6.57. The third-order valence-electron chi connectivity index (χ3n) is 3.40. The highest BCUT2D eigenvalue weighted by Gasteiger charge is 2.24. The standard InChI is InChI=1S/C13H22N4O/c1-16(2)9-5-8-14-13(18)12-10-6-4-7-11(10)17(3)15-12/h4-9H2,1-3H3,(H,14,18). The van der Waals surface area contributed by atoms with E-state index < -0.39 is 0 Å². The Morgan fingerprint density at radius 1 is 1.44 bits per heavy atom. The van der Waals surface area contributed by atoms with Gasteiger partial charge in [-0.2, -0.15) is 5.10 Å². The van der Waals surface area contributed by atoms with E-state index in [1.54, 1.807) is 0 Å². The maximum Gasteiger partial charge on any atom is 0.272 e. The molecule has 0 atom stereocenters. The third-order valence-corrected chi connectivity index (χ3v) is 3.40.